The number of nitrogens with zero attached hydrogens (tertiary/aromatic N) is 2. The Balaban J connectivity index is 2.29. The van der Waals surface area contributed by atoms with Crippen molar-refractivity contribution in [2.75, 3.05) is 0 Å². The van der Waals surface area contributed by atoms with Gasteiger partial charge in [-0.25, -0.2) is 14.8 Å². The van der Waals surface area contributed by atoms with Gasteiger partial charge in [-0.05, 0) is 12.5 Å². The van der Waals surface area contributed by atoms with Crippen molar-refractivity contribution in [2.45, 2.75) is 31.0 Å². The topological polar surface area (TPSA) is 63.1 Å². The molecule has 0 amide bonds. The highest BCUT2D eigenvalue weighted by atomic mass is 32.2. The monoisotopic (exact) mass is 288 g/mol. The summed E-state index contributed by atoms with van der Waals surface area (Å²) in [6, 6.07) is 9.93. The Labute approximate surface area is 122 Å². The number of rotatable bonds is 5. The first-order valence-corrected chi connectivity index (χ1v) is 7.38. The van der Waals surface area contributed by atoms with E-state index in [2.05, 4.69) is 9.97 Å². The number of benzene rings is 1. The zero-order valence-electron chi connectivity index (χ0n) is 11.5. The molecule has 0 unspecified atom stereocenters. The first-order chi connectivity index (χ1) is 9.61. The number of aromatic nitrogens is 2. The summed E-state index contributed by atoms with van der Waals surface area (Å²) < 4.78 is 0. The number of carbonyl (C=O) groups is 1. The molecule has 0 fully saturated rings. The van der Waals surface area contributed by atoms with E-state index in [4.69, 9.17) is 0 Å². The minimum absolute atomic E-state index is 0.211. The molecule has 1 heterocycles. The number of carboxylic acids is 1. The lowest BCUT2D eigenvalue weighted by Gasteiger charge is -2.09. The predicted molar refractivity (Wildman–Crippen MR) is 79.1 cm³/mol. The van der Waals surface area contributed by atoms with Gasteiger partial charge in [0.15, 0.2) is 0 Å². The van der Waals surface area contributed by atoms with E-state index < -0.39 is 5.97 Å². The highest BCUT2D eigenvalue weighted by Gasteiger charge is 2.17. The quantitative estimate of drug-likeness (QED) is 0.675. The molecule has 0 atom stereocenters. The number of hydrogen-bond acceptors (Lipinski definition) is 4. The molecule has 2 aromatic rings. The van der Waals surface area contributed by atoms with Crippen molar-refractivity contribution >= 4 is 17.7 Å². The van der Waals surface area contributed by atoms with Crippen molar-refractivity contribution in [3.05, 3.63) is 53.0 Å². The summed E-state index contributed by atoms with van der Waals surface area (Å²) in [6.07, 6.45) is 0.694. The third kappa shape index (κ3) is 3.36. The van der Waals surface area contributed by atoms with E-state index in [0.717, 1.165) is 5.56 Å². The molecule has 20 heavy (non-hydrogen) atoms. The van der Waals surface area contributed by atoms with Crippen LogP contribution in [-0.4, -0.2) is 21.0 Å². The van der Waals surface area contributed by atoms with Crippen LogP contribution in [0, 0.1) is 6.92 Å². The molecule has 1 aromatic heterocycles. The van der Waals surface area contributed by atoms with Crippen LogP contribution < -0.4 is 0 Å². The van der Waals surface area contributed by atoms with Crippen molar-refractivity contribution in [1.29, 1.82) is 0 Å². The molecule has 0 aliphatic heterocycles. The lowest BCUT2D eigenvalue weighted by Crippen LogP contribution is -2.09. The molecule has 104 valence electrons. The minimum Gasteiger partial charge on any atom is -0.478 e. The van der Waals surface area contributed by atoms with E-state index in [1.165, 1.54) is 11.8 Å². The van der Waals surface area contributed by atoms with Gasteiger partial charge in [0.2, 0.25) is 0 Å². The Morgan fingerprint density at radius 2 is 1.95 bits per heavy atom. The Morgan fingerprint density at radius 3 is 2.55 bits per heavy atom. The fourth-order valence-electron chi connectivity index (χ4n) is 1.84. The summed E-state index contributed by atoms with van der Waals surface area (Å²) in [7, 11) is 0. The molecule has 0 aliphatic rings. The van der Waals surface area contributed by atoms with E-state index in [-0.39, 0.29) is 5.56 Å². The zero-order chi connectivity index (χ0) is 14.5. The first-order valence-electron chi connectivity index (χ1n) is 6.39. The van der Waals surface area contributed by atoms with E-state index in [0.29, 0.717) is 28.7 Å². The first kappa shape index (κ1) is 14.5. The van der Waals surface area contributed by atoms with Gasteiger partial charge in [0.25, 0.3) is 0 Å². The number of aryl methyl sites for hydroxylation is 2. The van der Waals surface area contributed by atoms with E-state index >= 15 is 0 Å². The van der Waals surface area contributed by atoms with Gasteiger partial charge < -0.3 is 5.11 Å². The molecule has 0 bridgehead atoms. The Bertz CT molecular complexity index is 615. The van der Waals surface area contributed by atoms with Crippen LogP contribution in [0.25, 0.3) is 0 Å². The van der Waals surface area contributed by atoms with Crippen molar-refractivity contribution in [2.24, 2.45) is 0 Å². The van der Waals surface area contributed by atoms with Crippen LogP contribution >= 0.6 is 11.8 Å². The third-order valence-corrected chi connectivity index (χ3v) is 3.90. The van der Waals surface area contributed by atoms with Crippen molar-refractivity contribution in [3.63, 3.8) is 0 Å². The van der Waals surface area contributed by atoms with Crippen LogP contribution in [0.5, 0.6) is 0 Å². The molecular formula is C15H16N2O2S. The maximum atomic E-state index is 11.4. The van der Waals surface area contributed by atoms with Crippen LogP contribution in [0.2, 0.25) is 0 Å². The van der Waals surface area contributed by atoms with Crippen molar-refractivity contribution in [1.82, 2.24) is 9.97 Å². The molecule has 1 N–H and O–H groups in total. The smallest absolute Gasteiger partial charge is 0.340 e. The van der Waals surface area contributed by atoms with Gasteiger partial charge in [0, 0.05) is 12.2 Å². The molecule has 0 spiro atoms. The number of carboxylic acid groups (broad SMARTS) is 1. The van der Waals surface area contributed by atoms with Gasteiger partial charge in [-0.3, -0.25) is 0 Å². The summed E-state index contributed by atoms with van der Waals surface area (Å²) in [5.41, 5.74) is 1.88. The van der Waals surface area contributed by atoms with E-state index in [1.54, 1.807) is 6.92 Å². The molecule has 4 nitrogen and oxygen atoms in total. The second kappa shape index (κ2) is 6.52. The largest absolute Gasteiger partial charge is 0.478 e. The van der Waals surface area contributed by atoms with Crippen LogP contribution in [0.1, 0.15) is 34.4 Å². The fourth-order valence-corrected chi connectivity index (χ4v) is 2.88. The minimum atomic E-state index is -0.972. The van der Waals surface area contributed by atoms with Gasteiger partial charge in [-0.1, -0.05) is 37.3 Å². The zero-order valence-corrected chi connectivity index (χ0v) is 12.3. The second-order valence-corrected chi connectivity index (χ2v) is 5.30. The van der Waals surface area contributed by atoms with Gasteiger partial charge in [0.05, 0.1) is 5.69 Å². The number of thioether (sulfide) groups is 1. The summed E-state index contributed by atoms with van der Waals surface area (Å²) in [5, 5.41) is 9.86. The van der Waals surface area contributed by atoms with Gasteiger partial charge >= 0.3 is 5.97 Å². The molecule has 0 saturated carbocycles. The van der Waals surface area contributed by atoms with Crippen molar-refractivity contribution in [3.8, 4) is 0 Å². The van der Waals surface area contributed by atoms with Crippen LogP contribution in [0.4, 0.5) is 0 Å². The Hall–Kier alpha value is -1.88. The standard InChI is InChI=1S/C15H16N2O2S/c1-3-12-16-10(2)13(15(18)19)14(17-12)20-9-11-7-5-4-6-8-11/h4-8H,3,9H2,1-2H3,(H,18,19). The SMILES string of the molecule is CCc1nc(C)c(C(=O)O)c(SCc2ccccc2)n1. The van der Waals surface area contributed by atoms with Gasteiger partial charge in [-0.2, -0.15) is 0 Å². The summed E-state index contributed by atoms with van der Waals surface area (Å²) >= 11 is 1.44. The van der Waals surface area contributed by atoms with Crippen LogP contribution in [-0.2, 0) is 12.2 Å². The summed E-state index contributed by atoms with van der Waals surface area (Å²) in [5.74, 6) is 0.407. The van der Waals surface area contributed by atoms with E-state index in [1.807, 2.05) is 37.3 Å². The lowest BCUT2D eigenvalue weighted by atomic mass is 10.2. The number of aromatic carboxylic acids is 1. The predicted octanol–water partition coefficient (Wildman–Crippen LogP) is 3.34. The Morgan fingerprint density at radius 1 is 1.25 bits per heavy atom. The molecular weight excluding hydrogens is 272 g/mol. The maximum Gasteiger partial charge on any atom is 0.340 e. The highest BCUT2D eigenvalue weighted by molar-refractivity contribution is 7.98. The normalized spacial score (nSPS) is 10.5. The van der Waals surface area contributed by atoms with E-state index in [9.17, 15) is 9.90 Å². The third-order valence-electron chi connectivity index (χ3n) is 2.85. The maximum absolute atomic E-state index is 11.4. The molecule has 0 saturated heterocycles. The fraction of sp³-hybridized carbons (Fsp3) is 0.267. The average Bonchev–Trinajstić information content (AvgIpc) is 2.45. The van der Waals surface area contributed by atoms with Gasteiger partial charge in [0.1, 0.15) is 16.4 Å². The van der Waals surface area contributed by atoms with Gasteiger partial charge in [-0.15, -0.1) is 11.8 Å². The molecule has 5 heteroatoms. The molecule has 0 radical (unpaired) electrons. The van der Waals surface area contributed by atoms with Crippen molar-refractivity contribution < 1.29 is 9.90 Å². The molecule has 0 aliphatic carbocycles. The average molecular weight is 288 g/mol. The van der Waals surface area contributed by atoms with Crippen LogP contribution in [0.3, 0.4) is 0 Å². The van der Waals surface area contributed by atoms with Crippen LogP contribution in [0.15, 0.2) is 35.4 Å². The molecule has 2 rings (SSSR count). The second-order valence-electron chi connectivity index (χ2n) is 4.34. The summed E-state index contributed by atoms with van der Waals surface area (Å²) in [6.45, 7) is 3.68. The number of hydrogen-bond donors (Lipinski definition) is 1. The lowest BCUT2D eigenvalue weighted by molar-refractivity contribution is 0.0690. The Kier molecular flexibility index (Phi) is 4.74. The summed E-state index contributed by atoms with van der Waals surface area (Å²) in [4.78, 5) is 19.9. The molecule has 1 aromatic carbocycles. The highest BCUT2D eigenvalue weighted by Crippen LogP contribution is 2.26.